The van der Waals surface area contributed by atoms with Crippen LogP contribution < -0.4 is 0 Å². The van der Waals surface area contributed by atoms with Crippen LogP contribution in [0.5, 0.6) is 0 Å². The van der Waals surface area contributed by atoms with Crippen molar-refractivity contribution in [2.24, 2.45) is 0 Å². The monoisotopic (exact) mass is 200 g/mol. The molecule has 1 aromatic carbocycles. The molecule has 1 aliphatic rings. The van der Waals surface area contributed by atoms with Gasteiger partial charge < -0.3 is 0 Å². The van der Waals surface area contributed by atoms with Crippen LogP contribution in [0, 0.1) is 0 Å². The number of hydrogen-bond acceptors (Lipinski definition) is 3. The standard InChI is InChI=1S/C11H12N4/c1-2-4-11-8-14(7-10(11)3-1)9-15-6-5-12-13-15/h1-6H,7-9H2. The van der Waals surface area contributed by atoms with Gasteiger partial charge in [-0.05, 0) is 11.1 Å². The number of hydrogen-bond donors (Lipinski definition) is 0. The van der Waals surface area contributed by atoms with Gasteiger partial charge in [0.15, 0.2) is 0 Å². The molecule has 0 bridgehead atoms. The highest BCUT2D eigenvalue weighted by molar-refractivity contribution is 5.29. The Labute approximate surface area is 88.1 Å². The molecule has 1 aromatic heterocycles. The molecule has 0 amide bonds. The number of nitrogens with zero attached hydrogens (tertiary/aromatic N) is 4. The summed E-state index contributed by atoms with van der Waals surface area (Å²) >= 11 is 0. The van der Waals surface area contributed by atoms with Gasteiger partial charge >= 0.3 is 0 Å². The van der Waals surface area contributed by atoms with Crippen molar-refractivity contribution in [3.8, 4) is 0 Å². The summed E-state index contributed by atoms with van der Waals surface area (Å²) in [6.07, 6.45) is 3.60. The first kappa shape index (κ1) is 8.61. The van der Waals surface area contributed by atoms with Gasteiger partial charge in [-0.1, -0.05) is 29.5 Å². The van der Waals surface area contributed by atoms with E-state index in [4.69, 9.17) is 0 Å². The topological polar surface area (TPSA) is 34.0 Å². The van der Waals surface area contributed by atoms with Gasteiger partial charge in [0.2, 0.25) is 0 Å². The van der Waals surface area contributed by atoms with Crippen LogP contribution in [0.2, 0.25) is 0 Å². The van der Waals surface area contributed by atoms with E-state index in [0.29, 0.717) is 0 Å². The Bertz CT molecular complexity index is 422. The van der Waals surface area contributed by atoms with Crippen LogP contribution in [0.3, 0.4) is 0 Å². The summed E-state index contributed by atoms with van der Waals surface area (Å²) in [7, 11) is 0. The maximum absolute atomic E-state index is 3.97. The molecule has 0 radical (unpaired) electrons. The quantitative estimate of drug-likeness (QED) is 0.731. The second-order valence-electron chi connectivity index (χ2n) is 3.84. The maximum atomic E-state index is 3.97. The van der Waals surface area contributed by atoms with Crippen LogP contribution in [-0.4, -0.2) is 19.9 Å². The van der Waals surface area contributed by atoms with E-state index >= 15 is 0 Å². The summed E-state index contributed by atoms with van der Waals surface area (Å²) in [5, 5.41) is 7.77. The SMILES string of the molecule is c1ccc2c(c1)CN(Cn1ccnn1)C2. The molecule has 0 spiro atoms. The van der Waals surface area contributed by atoms with Crippen molar-refractivity contribution in [2.45, 2.75) is 19.8 Å². The van der Waals surface area contributed by atoms with Crippen molar-refractivity contribution < 1.29 is 0 Å². The zero-order valence-corrected chi connectivity index (χ0v) is 8.37. The molecule has 0 aliphatic carbocycles. The van der Waals surface area contributed by atoms with Crippen LogP contribution in [0.25, 0.3) is 0 Å². The fraction of sp³-hybridized carbons (Fsp3) is 0.273. The summed E-state index contributed by atoms with van der Waals surface area (Å²) in [4.78, 5) is 2.35. The van der Waals surface area contributed by atoms with Gasteiger partial charge in [0.1, 0.15) is 0 Å². The molecule has 4 heteroatoms. The van der Waals surface area contributed by atoms with Gasteiger partial charge in [0, 0.05) is 19.3 Å². The molecule has 0 unspecified atom stereocenters. The number of benzene rings is 1. The third-order valence-electron chi connectivity index (χ3n) is 2.72. The van der Waals surface area contributed by atoms with Crippen molar-refractivity contribution in [2.75, 3.05) is 0 Å². The second kappa shape index (κ2) is 3.47. The average molecular weight is 200 g/mol. The summed E-state index contributed by atoms with van der Waals surface area (Å²) in [5.41, 5.74) is 2.86. The second-order valence-corrected chi connectivity index (χ2v) is 3.84. The third kappa shape index (κ3) is 1.64. The van der Waals surface area contributed by atoms with E-state index in [0.717, 1.165) is 19.8 Å². The first-order chi connectivity index (χ1) is 7.42. The molecular weight excluding hydrogens is 188 g/mol. The van der Waals surface area contributed by atoms with Crippen molar-refractivity contribution in [1.82, 2.24) is 19.9 Å². The lowest BCUT2D eigenvalue weighted by Crippen LogP contribution is -2.20. The van der Waals surface area contributed by atoms with E-state index < -0.39 is 0 Å². The zero-order valence-electron chi connectivity index (χ0n) is 8.37. The van der Waals surface area contributed by atoms with Crippen molar-refractivity contribution >= 4 is 0 Å². The van der Waals surface area contributed by atoms with Gasteiger partial charge in [-0.15, -0.1) is 5.10 Å². The summed E-state index contributed by atoms with van der Waals surface area (Å²) in [5.74, 6) is 0. The summed E-state index contributed by atoms with van der Waals surface area (Å²) < 4.78 is 1.85. The van der Waals surface area contributed by atoms with Gasteiger partial charge in [0.25, 0.3) is 0 Å². The first-order valence-electron chi connectivity index (χ1n) is 5.05. The Hall–Kier alpha value is -1.68. The molecule has 2 heterocycles. The molecule has 3 rings (SSSR count). The van der Waals surface area contributed by atoms with Crippen molar-refractivity contribution in [3.05, 3.63) is 47.8 Å². The highest BCUT2D eigenvalue weighted by Crippen LogP contribution is 2.22. The van der Waals surface area contributed by atoms with E-state index in [1.165, 1.54) is 11.1 Å². The first-order valence-corrected chi connectivity index (χ1v) is 5.05. The fourth-order valence-electron chi connectivity index (χ4n) is 2.02. The van der Waals surface area contributed by atoms with Gasteiger partial charge in [-0.2, -0.15) is 0 Å². The summed E-state index contributed by atoms with van der Waals surface area (Å²) in [6, 6.07) is 8.57. The molecule has 2 aromatic rings. The molecule has 0 N–H and O–H groups in total. The maximum Gasteiger partial charge on any atom is 0.0952 e. The van der Waals surface area contributed by atoms with Crippen LogP contribution in [-0.2, 0) is 19.8 Å². The van der Waals surface area contributed by atoms with E-state index in [1.807, 2.05) is 10.9 Å². The number of aromatic nitrogens is 3. The Balaban J connectivity index is 1.74. The van der Waals surface area contributed by atoms with Crippen LogP contribution in [0.4, 0.5) is 0 Å². The minimum atomic E-state index is 0.814. The Morgan fingerprint density at radius 3 is 2.47 bits per heavy atom. The van der Waals surface area contributed by atoms with Gasteiger partial charge in [-0.3, -0.25) is 4.90 Å². The largest absolute Gasteiger partial charge is 0.276 e. The van der Waals surface area contributed by atoms with Crippen LogP contribution >= 0.6 is 0 Å². The predicted octanol–water partition coefficient (Wildman–Crippen LogP) is 1.25. The van der Waals surface area contributed by atoms with Crippen LogP contribution in [0.15, 0.2) is 36.7 Å². The summed E-state index contributed by atoms with van der Waals surface area (Å²) in [6.45, 7) is 2.83. The molecule has 4 nitrogen and oxygen atoms in total. The molecule has 0 atom stereocenters. The lowest BCUT2D eigenvalue weighted by atomic mass is 10.1. The number of fused-ring (bicyclic) bond motifs is 1. The highest BCUT2D eigenvalue weighted by Gasteiger charge is 2.17. The van der Waals surface area contributed by atoms with E-state index in [-0.39, 0.29) is 0 Å². The van der Waals surface area contributed by atoms with Crippen molar-refractivity contribution in [3.63, 3.8) is 0 Å². The average Bonchev–Trinajstić information content (AvgIpc) is 2.86. The zero-order chi connectivity index (χ0) is 10.1. The molecule has 76 valence electrons. The molecule has 0 fully saturated rings. The van der Waals surface area contributed by atoms with Gasteiger partial charge in [-0.25, -0.2) is 4.68 Å². The molecule has 0 saturated carbocycles. The lowest BCUT2D eigenvalue weighted by Gasteiger charge is -2.13. The van der Waals surface area contributed by atoms with Gasteiger partial charge in [0.05, 0.1) is 12.9 Å². The van der Waals surface area contributed by atoms with Crippen molar-refractivity contribution in [1.29, 1.82) is 0 Å². The predicted molar refractivity (Wildman–Crippen MR) is 55.7 cm³/mol. The molecule has 0 saturated heterocycles. The fourth-order valence-corrected chi connectivity index (χ4v) is 2.02. The normalized spacial score (nSPS) is 15.5. The van der Waals surface area contributed by atoms with E-state index in [1.54, 1.807) is 6.20 Å². The smallest absolute Gasteiger partial charge is 0.0952 e. The highest BCUT2D eigenvalue weighted by atomic mass is 15.5. The van der Waals surface area contributed by atoms with Crippen LogP contribution in [0.1, 0.15) is 11.1 Å². The Morgan fingerprint density at radius 1 is 1.13 bits per heavy atom. The molecule has 1 aliphatic heterocycles. The Kier molecular flexibility index (Phi) is 1.99. The molecular formula is C11H12N4. The number of rotatable bonds is 2. The lowest BCUT2D eigenvalue weighted by molar-refractivity contribution is 0.209. The Morgan fingerprint density at radius 2 is 1.87 bits per heavy atom. The minimum absolute atomic E-state index is 0.814. The van der Waals surface area contributed by atoms with E-state index in [2.05, 4.69) is 39.5 Å². The van der Waals surface area contributed by atoms with E-state index in [9.17, 15) is 0 Å². The molecule has 15 heavy (non-hydrogen) atoms. The minimum Gasteiger partial charge on any atom is -0.276 e. The third-order valence-corrected chi connectivity index (χ3v) is 2.72.